The summed E-state index contributed by atoms with van der Waals surface area (Å²) in [6.07, 6.45) is 2.13. The first-order valence-electron chi connectivity index (χ1n) is 7.11. The van der Waals surface area contributed by atoms with Crippen molar-refractivity contribution < 1.29 is 18.7 Å². The molecule has 0 saturated carbocycles. The van der Waals surface area contributed by atoms with Gasteiger partial charge in [-0.3, -0.25) is 14.5 Å². The first-order valence-corrected chi connectivity index (χ1v) is 8.33. The Morgan fingerprint density at radius 1 is 1.43 bits per heavy atom. The first kappa shape index (κ1) is 17.6. The molecule has 2 rings (SSSR count). The molecule has 1 atom stereocenters. The highest BCUT2D eigenvalue weighted by atomic mass is 32.2. The van der Waals surface area contributed by atoms with Crippen LogP contribution in [-0.2, 0) is 14.3 Å². The third-order valence-electron chi connectivity index (χ3n) is 3.24. The van der Waals surface area contributed by atoms with E-state index in [1.54, 1.807) is 25.1 Å². The van der Waals surface area contributed by atoms with E-state index in [0.717, 1.165) is 11.8 Å². The number of carbonyl (C=O) groups excluding carboxylic acids is 2. The molecule has 0 aliphatic carbocycles. The van der Waals surface area contributed by atoms with Crippen LogP contribution in [0.4, 0.5) is 4.39 Å². The molecule has 1 saturated heterocycles. The fourth-order valence-corrected chi connectivity index (χ4v) is 3.08. The van der Waals surface area contributed by atoms with Crippen molar-refractivity contribution in [2.24, 2.45) is 0 Å². The average molecular weight is 353 g/mol. The lowest BCUT2D eigenvalue weighted by Gasteiger charge is -2.16. The molecule has 0 bridgehead atoms. The molecule has 0 aromatic heterocycles. The molecule has 1 aromatic carbocycles. The number of esters is 1. The van der Waals surface area contributed by atoms with Gasteiger partial charge in [0.1, 0.15) is 16.7 Å². The number of halogens is 1. The van der Waals surface area contributed by atoms with Crippen molar-refractivity contribution in [1.82, 2.24) is 4.90 Å². The predicted octanol–water partition coefficient (Wildman–Crippen LogP) is 3.37. The number of thioether (sulfide) groups is 1. The standard InChI is InChI=1S/C16H16FNO3S2/c1-3-10(2)21-14(19)9-18-15(20)13(23-16(18)22)8-11-4-6-12(17)7-5-11/h4-8,10H,3,9H2,1-2H3/b13-8+. The monoisotopic (exact) mass is 353 g/mol. The van der Waals surface area contributed by atoms with E-state index in [9.17, 15) is 14.0 Å². The minimum Gasteiger partial charge on any atom is -0.461 e. The van der Waals surface area contributed by atoms with Gasteiger partial charge >= 0.3 is 5.97 Å². The van der Waals surface area contributed by atoms with E-state index in [1.165, 1.54) is 17.0 Å². The van der Waals surface area contributed by atoms with E-state index < -0.39 is 5.97 Å². The maximum atomic E-state index is 12.9. The van der Waals surface area contributed by atoms with E-state index >= 15 is 0 Å². The Labute approximate surface area is 143 Å². The van der Waals surface area contributed by atoms with Crippen LogP contribution >= 0.6 is 24.0 Å². The number of carbonyl (C=O) groups is 2. The maximum Gasteiger partial charge on any atom is 0.326 e. The van der Waals surface area contributed by atoms with Crippen LogP contribution in [0.2, 0.25) is 0 Å². The van der Waals surface area contributed by atoms with E-state index in [1.807, 2.05) is 6.92 Å². The van der Waals surface area contributed by atoms with Crippen LogP contribution in [0.15, 0.2) is 29.2 Å². The highest BCUT2D eigenvalue weighted by Gasteiger charge is 2.33. The summed E-state index contributed by atoms with van der Waals surface area (Å²) in [5, 5.41) is 0. The number of benzene rings is 1. The third-order valence-corrected chi connectivity index (χ3v) is 4.61. The zero-order valence-electron chi connectivity index (χ0n) is 12.7. The van der Waals surface area contributed by atoms with Crippen molar-refractivity contribution in [2.75, 3.05) is 6.54 Å². The normalized spacial score (nSPS) is 17.7. The van der Waals surface area contributed by atoms with E-state index in [4.69, 9.17) is 17.0 Å². The number of amides is 1. The maximum absolute atomic E-state index is 12.9. The average Bonchev–Trinajstić information content (AvgIpc) is 2.77. The van der Waals surface area contributed by atoms with Gasteiger partial charge in [0, 0.05) is 0 Å². The molecule has 23 heavy (non-hydrogen) atoms. The second kappa shape index (κ2) is 7.70. The van der Waals surface area contributed by atoms with Crippen LogP contribution in [0, 0.1) is 5.82 Å². The van der Waals surface area contributed by atoms with Crippen molar-refractivity contribution in [3.63, 3.8) is 0 Å². The molecule has 1 heterocycles. The molecule has 1 unspecified atom stereocenters. The zero-order chi connectivity index (χ0) is 17.0. The fourth-order valence-electron chi connectivity index (χ4n) is 1.82. The van der Waals surface area contributed by atoms with E-state index in [2.05, 4.69) is 0 Å². The van der Waals surface area contributed by atoms with Gasteiger partial charge < -0.3 is 4.74 Å². The number of ether oxygens (including phenoxy) is 1. The SMILES string of the molecule is CCC(C)OC(=O)CN1C(=O)/C(=C\c2ccc(F)cc2)SC1=S. The van der Waals surface area contributed by atoms with Gasteiger partial charge in [0.05, 0.1) is 11.0 Å². The van der Waals surface area contributed by atoms with Gasteiger partial charge in [0.15, 0.2) is 0 Å². The zero-order valence-corrected chi connectivity index (χ0v) is 14.4. The Morgan fingerprint density at radius 2 is 2.09 bits per heavy atom. The molecule has 1 aliphatic rings. The quantitative estimate of drug-likeness (QED) is 0.461. The number of hydrogen-bond donors (Lipinski definition) is 0. The molecule has 0 N–H and O–H groups in total. The molecule has 1 aliphatic heterocycles. The van der Waals surface area contributed by atoms with Crippen LogP contribution in [0.1, 0.15) is 25.8 Å². The molecule has 122 valence electrons. The Balaban J connectivity index is 2.07. The molecular formula is C16H16FNO3S2. The Bertz CT molecular complexity index is 658. The highest BCUT2D eigenvalue weighted by molar-refractivity contribution is 8.26. The smallest absolute Gasteiger partial charge is 0.326 e. The van der Waals surface area contributed by atoms with E-state index in [-0.39, 0.29) is 24.4 Å². The van der Waals surface area contributed by atoms with Crippen LogP contribution in [-0.4, -0.2) is 33.7 Å². The van der Waals surface area contributed by atoms with Crippen molar-refractivity contribution in [3.8, 4) is 0 Å². The van der Waals surface area contributed by atoms with Gasteiger partial charge in [-0.05, 0) is 37.1 Å². The van der Waals surface area contributed by atoms with Gasteiger partial charge in [-0.15, -0.1) is 0 Å². The van der Waals surface area contributed by atoms with Gasteiger partial charge in [-0.2, -0.15) is 0 Å². The fraction of sp³-hybridized carbons (Fsp3) is 0.312. The largest absolute Gasteiger partial charge is 0.461 e. The van der Waals surface area contributed by atoms with Crippen molar-refractivity contribution in [3.05, 3.63) is 40.6 Å². The lowest BCUT2D eigenvalue weighted by Crippen LogP contribution is -2.35. The highest BCUT2D eigenvalue weighted by Crippen LogP contribution is 2.32. The summed E-state index contributed by atoms with van der Waals surface area (Å²) in [7, 11) is 0. The number of rotatable bonds is 5. The minimum absolute atomic E-state index is 0.198. The summed E-state index contributed by atoms with van der Waals surface area (Å²) in [5.74, 6) is -1.17. The van der Waals surface area contributed by atoms with Gasteiger partial charge in [-0.1, -0.05) is 43.0 Å². The first-order chi connectivity index (χ1) is 10.9. The Kier molecular flexibility index (Phi) is 5.90. The van der Waals surface area contributed by atoms with Crippen molar-refractivity contribution in [1.29, 1.82) is 0 Å². The molecule has 0 radical (unpaired) electrons. The molecule has 1 aromatic rings. The second-order valence-electron chi connectivity index (χ2n) is 5.03. The Hall–Kier alpha value is -1.73. The summed E-state index contributed by atoms with van der Waals surface area (Å²) in [5.41, 5.74) is 0.689. The molecule has 0 spiro atoms. The molecule has 7 heteroatoms. The molecule has 1 fully saturated rings. The molecule has 1 amide bonds. The van der Waals surface area contributed by atoms with E-state index in [0.29, 0.717) is 21.2 Å². The lowest BCUT2D eigenvalue weighted by atomic mass is 10.2. The van der Waals surface area contributed by atoms with Crippen molar-refractivity contribution >= 4 is 46.3 Å². The van der Waals surface area contributed by atoms with Gasteiger partial charge in [0.2, 0.25) is 0 Å². The predicted molar refractivity (Wildman–Crippen MR) is 92.1 cm³/mol. The second-order valence-corrected chi connectivity index (χ2v) is 6.70. The number of nitrogens with zero attached hydrogens (tertiary/aromatic N) is 1. The summed E-state index contributed by atoms with van der Waals surface area (Å²) in [6.45, 7) is 3.50. The summed E-state index contributed by atoms with van der Waals surface area (Å²) in [4.78, 5) is 25.8. The summed E-state index contributed by atoms with van der Waals surface area (Å²) in [6, 6.07) is 5.77. The summed E-state index contributed by atoms with van der Waals surface area (Å²) < 4.78 is 18.4. The summed E-state index contributed by atoms with van der Waals surface area (Å²) >= 11 is 6.27. The van der Waals surface area contributed by atoms with Crippen LogP contribution in [0.3, 0.4) is 0 Å². The van der Waals surface area contributed by atoms with Crippen LogP contribution in [0.25, 0.3) is 6.08 Å². The van der Waals surface area contributed by atoms with Gasteiger partial charge in [-0.25, -0.2) is 4.39 Å². The molecule has 4 nitrogen and oxygen atoms in total. The van der Waals surface area contributed by atoms with Crippen LogP contribution < -0.4 is 0 Å². The Morgan fingerprint density at radius 3 is 2.70 bits per heavy atom. The number of thiocarbonyl (C=S) groups is 1. The van der Waals surface area contributed by atoms with Crippen LogP contribution in [0.5, 0.6) is 0 Å². The third kappa shape index (κ3) is 4.62. The minimum atomic E-state index is -0.487. The van der Waals surface area contributed by atoms with Crippen molar-refractivity contribution in [2.45, 2.75) is 26.4 Å². The topological polar surface area (TPSA) is 46.6 Å². The lowest BCUT2D eigenvalue weighted by molar-refractivity contribution is -0.150. The van der Waals surface area contributed by atoms with Gasteiger partial charge in [0.25, 0.3) is 5.91 Å². The molecular weight excluding hydrogens is 337 g/mol. The number of hydrogen-bond acceptors (Lipinski definition) is 5.